The van der Waals surface area contributed by atoms with E-state index < -0.39 is 6.61 Å². The molecule has 0 radical (unpaired) electrons. The molecule has 0 saturated heterocycles. The molecule has 0 N–H and O–H groups in total. The van der Waals surface area contributed by atoms with Crippen molar-refractivity contribution in [1.82, 2.24) is 0 Å². The predicted octanol–water partition coefficient (Wildman–Crippen LogP) is 5.54. The zero-order valence-corrected chi connectivity index (χ0v) is 14.2. The molecule has 21 heavy (non-hydrogen) atoms. The summed E-state index contributed by atoms with van der Waals surface area (Å²) in [5.74, 6) is 0.892. The largest absolute Gasteiger partial charge is 0.496 e. The fraction of sp³-hybridized carbons (Fsp3) is 0.200. The van der Waals surface area contributed by atoms with Crippen molar-refractivity contribution in [2.75, 3.05) is 7.11 Å². The fourth-order valence-corrected chi connectivity index (χ4v) is 3.00. The fourth-order valence-electron chi connectivity index (χ4n) is 1.85. The Balaban J connectivity index is 2.19. The number of benzene rings is 2. The van der Waals surface area contributed by atoms with E-state index >= 15 is 0 Å². The first kappa shape index (κ1) is 16.2. The predicted molar refractivity (Wildman–Crippen MR) is 84.5 cm³/mol. The van der Waals surface area contributed by atoms with Gasteiger partial charge in [0.2, 0.25) is 0 Å². The third-order valence-corrected chi connectivity index (χ3v) is 4.54. The van der Waals surface area contributed by atoms with E-state index in [9.17, 15) is 8.78 Å². The van der Waals surface area contributed by atoms with E-state index in [0.717, 1.165) is 21.3 Å². The van der Waals surface area contributed by atoms with Gasteiger partial charge in [0.1, 0.15) is 11.5 Å². The third-order valence-electron chi connectivity index (χ3n) is 2.87. The Bertz CT molecular complexity index is 603. The second kappa shape index (κ2) is 7.22. The van der Waals surface area contributed by atoms with Crippen molar-refractivity contribution in [2.45, 2.75) is 11.4 Å². The topological polar surface area (TPSA) is 18.5 Å². The van der Waals surface area contributed by atoms with E-state index in [4.69, 9.17) is 4.74 Å². The summed E-state index contributed by atoms with van der Waals surface area (Å²) < 4.78 is 34.6. The number of rotatable bonds is 5. The summed E-state index contributed by atoms with van der Waals surface area (Å²) in [6, 6.07) is 12.3. The number of hydrogen-bond acceptors (Lipinski definition) is 2. The molecule has 2 aromatic rings. The molecule has 1 unspecified atom stereocenters. The quantitative estimate of drug-likeness (QED) is 0.589. The Morgan fingerprint density at radius 2 is 1.62 bits per heavy atom. The van der Waals surface area contributed by atoms with Gasteiger partial charge < -0.3 is 9.47 Å². The van der Waals surface area contributed by atoms with Crippen LogP contribution in [-0.4, -0.2) is 13.7 Å². The highest BCUT2D eigenvalue weighted by molar-refractivity contribution is 9.10. The van der Waals surface area contributed by atoms with E-state index in [1.54, 1.807) is 19.2 Å². The molecule has 112 valence electrons. The number of methoxy groups -OCH3 is 1. The highest BCUT2D eigenvalue weighted by atomic mass is 79.9. The second-order valence-corrected chi connectivity index (χ2v) is 5.97. The summed E-state index contributed by atoms with van der Waals surface area (Å²) in [5, 5.41) is 0. The molecule has 0 aliphatic rings. The maximum atomic E-state index is 12.1. The molecule has 0 aromatic heterocycles. The summed E-state index contributed by atoms with van der Waals surface area (Å²) in [7, 11) is 1.60. The monoisotopic (exact) mass is 420 g/mol. The first-order valence-electron chi connectivity index (χ1n) is 6.03. The summed E-state index contributed by atoms with van der Waals surface area (Å²) in [6.07, 6.45) is 0. The van der Waals surface area contributed by atoms with Gasteiger partial charge in [0.25, 0.3) is 0 Å². The summed E-state index contributed by atoms with van der Waals surface area (Å²) >= 11 is 7.04. The highest BCUT2D eigenvalue weighted by Crippen LogP contribution is 2.35. The number of halogens is 4. The lowest BCUT2D eigenvalue weighted by Crippen LogP contribution is -2.02. The van der Waals surface area contributed by atoms with E-state index in [2.05, 4.69) is 36.6 Å². The van der Waals surface area contributed by atoms with Crippen LogP contribution in [0.4, 0.5) is 8.78 Å². The molecule has 0 amide bonds. The van der Waals surface area contributed by atoms with Gasteiger partial charge in [-0.05, 0) is 51.3 Å². The lowest BCUT2D eigenvalue weighted by atomic mass is 10.0. The van der Waals surface area contributed by atoms with Crippen molar-refractivity contribution in [3.8, 4) is 11.5 Å². The molecule has 0 saturated carbocycles. The maximum Gasteiger partial charge on any atom is 0.387 e. The van der Waals surface area contributed by atoms with Crippen LogP contribution in [0.1, 0.15) is 16.0 Å². The Labute approximate surface area is 138 Å². The van der Waals surface area contributed by atoms with E-state index in [1.807, 2.05) is 18.2 Å². The van der Waals surface area contributed by atoms with Crippen LogP contribution in [0.5, 0.6) is 11.5 Å². The van der Waals surface area contributed by atoms with Gasteiger partial charge in [0.05, 0.1) is 16.4 Å². The summed E-state index contributed by atoms with van der Waals surface area (Å²) in [4.78, 5) is -0.0553. The van der Waals surface area contributed by atoms with Crippen LogP contribution in [0, 0.1) is 0 Å². The zero-order chi connectivity index (χ0) is 15.4. The van der Waals surface area contributed by atoms with Crippen LogP contribution in [0.25, 0.3) is 0 Å². The molecule has 0 bridgehead atoms. The highest BCUT2D eigenvalue weighted by Gasteiger charge is 2.13. The molecule has 0 aliphatic carbocycles. The molecule has 2 aromatic carbocycles. The average Bonchev–Trinajstić information content (AvgIpc) is 2.46. The van der Waals surface area contributed by atoms with Gasteiger partial charge in [0.15, 0.2) is 0 Å². The molecule has 0 spiro atoms. The second-order valence-electron chi connectivity index (χ2n) is 4.20. The molecule has 0 heterocycles. The van der Waals surface area contributed by atoms with E-state index in [0.29, 0.717) is 0 Å². The molecular formula is C15H12Br2F2O2. The standard InChI is InChI=1S/C15H12Br2F2O2/c1-20-13-7-4-10(8-12(13)16)14(17)9-2-5-11(6-3-9)21-15(18)19/h2-8,14-15H,1H3. The van der Waals surface area contributed by atoms with Crippen LogP contribution >= 0.6 is 31.9 Å². The Morgan fingerprint density at radius 1 is 1.00 bits per heavy atom. The lowest BCUT2D eigenvalue weighted by molar-refractivity contribution is -0.0498. The molecule has 1 atom stereocenters. The minimum atomic E-state index is -2.81. The van der Waals surface area contributed by atoms with Crippen LogP contribution < -0.4 is 9.47 Å². The number of alkyl halides is 3. The average molecular weight is 422 g/mol. The van der Waals surface area contributed by atoms with Gasteiger partial charge in [-0.3, -0.25) is 0 Å². The minimum Gasteiger partial charge on any atom is -0.496 e. The van der Waals surface area contributed by atoms with Crippen molar-refractivity contribution in [1.29, 1.82) is 0 Å². The van der Waals surface area contributed by atoms with E-state index in [1.165, 1.54) is 12.1 Å². The van der Waals surface area contributed by atoms with Gasteiger partial charge in [-0.1, -0.05) is 34.1 Å². The van der Waals surface area contributed by atoms with Crippen LogP contribution in [-0.2, 0) is 0 Å². The number of hydrogen-bond donors (Lipinski definition) is 0. The lowest BCUT2D eigenvalue weighted by Gasteiger charge is -2.13. The SMILES string of the molecule is COc1ccc(C(Br)c2ccc(OC(F)F)cc2)cc1Br. The van der Waals surface area contributed by atoms with Gasteiger partial charge in [-0.2, -0.15) is 8.78 Å². The minimum absolute atomic E-state index is 0.0553. The van der Waals surface area contributed by atoms with Crippen LogP contribution in [0.3, 0.4) is 0 Å². The molecule has 0 aliphatic heterocycles. The van der Waals surface area contributed by atoms with E-state index in [-0.39, 0.29) is 10.6 Å². The van der Waals surface area contributed by atoms with Gasteiger partial charge in [0, 0.05) is 0 Å². The van der Waals surface area contributed by atoms with Crippen molar-refractivity contribution in [2.24, 2.45) is 0 Å². The molecule has 0 fully saturated rings. The van der Waals surface area contributed by atoms with Gasteiger partial charge >= 0.3 is 6.61 Å². The Hall–Kier alpha value is -1.14. The van der Waals surface area contributed by atoms with Gasteiger partial charge in [-0.15, -0.1) is 0 Å². The zero-order valence-electron chi connectivity index (χ0n) is 11.0. The third kappa shape index (κ3) is 4.17. The molecular weight excluding hydrogens is 410 g/mol. The van der Waals surface area contributed by atoms with Crippen molar-refractivity contribution < 1.29 is 18.3 Å². The molecule has 2 rings (SSSR count). The first-order valence-corrected chi connectivity index (χ1v) is 7.74. The Morgan fingerprint density at radius 3 is 2.14 bits per heavy atom. The van der Waals surface area contributed by atoms with Gasteiger partial charge in [-0.25, -0.2) is 0 Å². The van der Waals surface area contributed by atoms with Crippen molar-refractivity contribution in [3.63, 3.8) is 0 Å². The Kier molecular flexibility index (Phi) is 5.58. The number of ether oxygens (including phenoxy) is 2. The summed E-state index contributed by atoms with van der Waals surface area (Å²) in [5.41, 5.74) is 1.96. The normalized spacial score (nSPS) is 12.3. The van der Waals surface area contributed by atoms with Crippen LogP contribution in [0.2, 0.25) is 0 Å². The molecule has 6 heteroatoms. The smallest absolute Gasteiger partial charge is 0.387 e. The first-order chi connectivity index (χ1) is 10.0. The van der Waals surface area contributed by atoms with Crippen LogP contribution in [0.15, 0.2) is 46.9 Å². The van der Waals surface area contributed by atoms with Crippen molar-refractivity contribution in [3.05, 3.63) is 58.1 Å². The maximum absolute atomic E-state index is 12.1. The van der Waals surface area contributed by atoms with Crippen molar-refractivity contribution >= 4 is 31.9 Å². The summed E-state index contributed by atoms with van der Waals surface area (Å²) in [6.45, 7) is -2.81. The molecule has 2 nitrogen and oxygen atoms in total.